The zero-order valence-corrected chi connectivity index (χ0v) is 24.2. The van der Waals surface area contributed by atoms with Gasteiger partial charge in [-0.1, -0.05) is 54.6 Å². The van der Waals surface area contributed by atoms with Crippen LogP contribution in [0.3, 0.4) is 0 Å². The van der Waals surface area contributed by atoms with E-state index in [1.54, 1.807) is 0 Å². The first-order valence-electron chi connectivity index (χ1n) is 13.9. The Morgan fingerprint density at radius 3 is 1.79 bits per heavy atom. The Bertz CT molecular complexity index is 2200. The van der Waals surface area contributed by atoms with Gasteiger partial charge in [0.05, 0.1) is 23.3 Å². The Kier molecular flexibility index (Phi) is 6.21. The first-order valence-corrected chi connectivity index (χ1v) is 13.9. The molecule has 3 heterocycles. The Morgan fingerprint density at radius 2 is 1.12 bits per heavy atom. The van der Waals surface area contributed by atoms with Crippen molar-refractivity contribution in [3.8, 4) is 39.6 Å². The first-order chi connectivity index (χ1) is 20.9. The fraction of sp³-hybridized carbons (Fsp3) is 0.114. The van der Waals surface area contributed by atoms with Crippen LogP contribution in [0.25, 0.3) is 66.2 Å². The van der Waals surface area contributed by atoms with Crippen molar-refractivity contribution in [3.05, 3.63) is 120 Å². The van der Waals surface area contributed by atoms with E-state index >= 15 is 0 Å². The van der Waals surface area contributed by atoms with Crippen LogP contribution in [0.4, 0.5) is 5.69 Å². The molecule has 0 aliphatic heterocycles. The lowest BCUT2D eigenvalue weighted by Gasteiger charge is -2.15. The number of aryl methyl sites for hydroxylation is 4. The first kappa shape index (κ1) is 26.1. The predicted molar refractivity (Wildman–Crippen MR) is 169 cm³/mol. The van der Waals surface area contributed by atoms with Crippen molar-refractivity contribution in [2.45, 2.75) is 27.7 Å². The van der Waals surface area contributed by atoms with Gasteiger partial charge < -0.3 is 4.57 Å². The van der Waals surface area contributed by atoms with Gasteiger partial charge in [-0.25, -0.2) is 34.7 Å². The molecule has 3 aromatic heterocycles. The van der Waals surface area contributed by atoms with Crippen molar-refractivity contribution in [2.75, 3.05) is 0 Å². The molecular formula is C35H26N8. The van der Waals surface area contributed by atoms with E-state index in [-0.39, 0.29) is 0 Å². The molecule has 7 aromatic rings. The summed E-state index contributed by atoms with van der Waals surface area (Å²) in [6.45, 7) is 14.8. The molecule has 7 rings (SSSR count). The molecule has 0 atom stereocenters. The van der Waals surface area contributed by atoms with Crippen LogP contribution in [0.1, 0.15) is 23.3 Å². The lowest BCUT2D eigenvalue weighted by molar-refractivity contribution is 0.924. The van der Waals surface area contributed by atoms with Crippen molar-refractivity contribution in [3.63, 3.8) is 0 Å². The highest BCUT2D eigenvalue weighted by Crippen LogP contribution is 2.38. The summed E-state index contributed by atoms with van der Waals surface area (Å²) < 4.78 is 2.28. The van der Waals surface area contributed by atoms with Crippen molar-refractivity contribution in [1.82, 2.24) is 34.5 Å². The molecule has 0 aliphatic rings. The number of hydrogen-bond donors (Lipinski definition) is 0. The van der Waals surface area contributed by atoms with Gasteiger partial charge in [0.1, 0.15) is 23.3 Å². The smallest absolute Gasteiger partial charge is 0.187 e. The zero-order valence-electron chi connectivity index (χ0n) is 24.2. The summed E-state index contributed by atoms with van der Waals surface area (Å²) in [4.78, 5) is 31.1. The summed E-state index contributed by atoms with van der Waals surface area (Å²) in [5.74, 6) is 3.82. The minimum absolute atomic E-state index is 0.584. The monoisotopic (exact) mass is 558 g/mol. The highest BCUT2D eigenvalue weighted by atomic mass is 15.0. The molecule has 8 heteroatoms. The van der Waals surface area contributed by atoms with E-state index in [2.05, 4.69) is 83.9 Å². The van der Waals surface area contributed by atoms with Gasteiger partial charge in [-0.05, 0) is 69.2 Å². The number of fused-ring (bicyclic) bond motifs is 3. The highest BCUT2D eigenvalue weighted by Gasteiger charge is 2.20. The summed E-state index contributed by atoms with van der Waals surface area (Å²) in [6.07, 6.45) is 0. The fourth-order valence-electron chi connectivity index (χ4n) is 5.67. The number of hydrogen-bond acceptors (Lipinski definition) is 6. The average molecular weight is 559 g/mol. The molecule has 0 unspecified atom stereocenters. The van der Waals surface area contributed by atoms with Gasteiger partial charge in [0.2, 0.25) is 0 Å². The van der Waals surface area contributed by atoms with Crippen LogP contribution in [0.15, 0.2) is 84.9 Å². The molecule has 8 nitrogen and oxygen atoms in total. The molecule has 4 aromatic carbocycles. The van der Waals surface area contributed by atoms with Crippen LogP contribution in [0.5, 0.6) is 0 Å². The van der Waals surface area contributed by atoms with Crippen LogP contribution in [0, 0.1) is 34.3 Å². The second kappa shape index (κ2) is 10.2. The van der Waals surface area contributed by atoms with Crippen LogP contribution in [-0.4, -0.2) is 34.5 Å². The van der Waals surface area contributed by atoms with E-state index in [0.717, 1.165) is 49.7 Å². The van der Waals surface area contributed by atoms with Gasteiger partial charge in [0.15, 0.2) is 17.3 Å². The number of benzene rings is 4. The predicted octanol–water partition coefficient (Wildman–Crippen LogP) is 7.94. The average Bonchev–Trinajstić information content (AvgIpc) is 3.33. The van der Waals surface area contributed by atoms with Crippen LogP contribution < -0.4 is 0 Å². The molecule has 43 heavy (non-hydrogen) atoms. The molecular weight excluding hydrogens is 532 g/mol. The lowest BCUT2D eigenvalue weighted by atomic mass is 10.0. The van der Waals surface area contributed by atoms with Gasteiger partial charge >= 0.3 is 0 Å². The van der Waals surface area contributed by atoms with Crippen LogP contribution >= 0.6 is 0 Å². The highest BCUT2D eigenvalue weighted by molar-refractivity contribution is 6.10. The van der Waals surface area contributed by atoms with Gasteiger partial charge in [-0.15, -0.1) is 0 Å². The third kappa shape index (κ3) is 4.67. The topological polar surface area (TPSA) is 86.6 Å². The second-order valence-electron chi connectivity index (χ2n) is 10.5. The number of nitrogens with zero attached hydrogens (tertiary/aromatic N) is 8. The number of para-hydroxylation sites is 1. The molecule has 0 saturated heterocycles. The van der Waals surface area contributed by atoms with Crippen molar-refractivity contribution in [2.24, 2.45) is 0 Å². The Morgan fingerprint density at radius 1 is 0.535 bits per heavy atom. The fourth-order valence-corrected chi connectivity index (χ4v) is 5.67. The summed E-state index contributed by atoms with van der Waals surface area (Å²) in [5, 5.41) is 2.29. The summed E-state index contributed by atoms with van der Waals surface area (Å²) in [6, 6.07) is 28.8. The van der Waals surface area contributed by atoms with E-state index in [0.29, 0.717) is 40.6 Å². The molecule has 0 amide bonds. The van der Waals surface area contributed by atoms with E-state index in [4.69, 9.17) is 16.5 Å². The molecule has 0 radical (unpaired) electrons. The molecule has 0 N–H and O–H groups in total. The molecule has 0 fully saturated rings. The van der Waals surface area contributed by atoms with E-state index < -0.39 is 0 Å². The second-order valence-corrected chi connectivity index (χ2v) is 10.5. The van der Waals surface area contributed by atoms with Crippen molar-refractivity contribution >= 4 is 27.5 Å². The molecule has 0 aliphatic carbocycles. The van der Waals surface area contributed by atoms with Crippen LogP contribution in [-0.2, 0) is 0 Å². The summed E-state index contributed by atoms with van der Waals surface area (Å²) >= 11 is 0. The molecule has 0 spiro atoms. The normalized spacial score (nSPS) is 11.2. The number of aromatic nitrogens is 7. The maximum absolute atomic E-state index is 7.32. The maximum atomic E-state index is 7.32. The van der Waals surface area contributed by atoms with E-state index in [1.807, 2.05) is 58.0 Å². The molecule has 0 saturated carbocycles. The lowest BCUT2D eigenvalue weighted by Crippen LogP contribution is -2.04. The zero-order chi connectivity index (χ0) is 29.7. The Hall–Kier alpha value is -5.81. The number of rotatable bonds is 4. The third-order valence-corrected chi connectivity index (χ3v) is 7.46. The van der Waals surface area contributed by atoms with Gasteiger partial charge in [0.25, 0.3) is 0 Å². The Labute approximate surface area is 248 Å². The largest absolute Gasteiger partial charge is 0.308 e. The van der Waals surface area contributed by atoms with Gasteiger partial charge in [-0.2, -0.15) is 0 Å². The van der Waals surface area contributed by atoms with E-state index in [9.17, 15) is 0 Å². The summed E-state index contributed by atoms with van der Waals surface area (Å²) in [7, 11) is 0. The maximum Gasteiger partial charge on any atom is 0.187 e. The Balaban J connectivity index is 1.53. The van der Waals surface area contributed by atoms with Crippen LogP contribution in [0.2, 0.25) is 0 Å². The standard InChI is InChI=1S/C35H26N8/c1-20-37-21(2)40-34(39-20)26-13-17-32(30(18-26)35-41-22(3)38-23(4)42-35)43-31-9-7-6-8-28(31)29-16-12-25(19-33(29)43)24-10-14-27(36-5)15-11-24/h6-19H,1-4H3. The van der Waals surface area contributed by atoms with Gasteiger partial charge in [0, 0.05) is 21.9 Å². The van der Waals surface area contributed by atoms with E-state index in [1.165, 1.54) is 0 Å². The van der Waals surface area contributed by atoms with Crippen molar-refractivity contribution < 1.29 is 0 Å². The van der Waals surface area contributed by atoms with Crippen molar-refractivity contribution in [1.29, 1.82) is 0 Å². The quantitative estimate of drug-likeness (QED) is 0.204. The third-order valence-electron chi connectivity index (χ3n) is 7.46. The SMILES string of the molecule is [C-]#[N+]c1ccc(-c2ccc3c4ccccc4n(-c4ccc(-c5nc(C)nc(C)n5)cc4-c4nc(C)nc(C)n4)c3c2)cc1. The minimum Gasteiger partial charge on any atom is -0.308 e. The summed E-state index contributed by atoms with van der Waals surface area (Å²) in [5.41, 5.74) is 7.48. The van der Waals surface area contributed by atoms with Gasteiger partial charge in [-0.3, -0.25) is 0 Å². The molecule has 0 bridgehead atoms. The molecule has 206 valence electrons. The minimum atomic E-state index is 0.584.